The summed E-state index contributed by atoms with van der Waals surface area (Å²) in [6.07, 6.45) is 0. The smallest absolute Gasteiger partial charge is 0.109 e. The molecule has 0 saturated heterocycles. The van der Waals surface area contributed by atoms with Crippen LogP contribution in [0.3, 0.4) is 0 Å². The van der Waals surface area contributed by atoms with E-state index in [4.69, 9.17) is 0 Å². The van der Waals surface area contributed by atoms with Crippen LogP contribution in [-0.2, 0) is 0 Å². The molecule has 74 valence electrons. The Morgan fingerprint density at radius 1 is 1.21 bits per heavy atom. The molecule has 0 radical (unpaired) electrons. The average molecular weight is 188 g/mol. The lowest BCUT2D eigenvalue weighted by Crippen LogP contribution is -2.10. The predicted molar refractivity (Wildman–Crippen MR) is 60.6 cm³/mol. The molecule has 1 rings (SSSR count). The third-order valence-corrected chi connectivity index (χ3v) is 1.80. The summed E-state index contributed by atoms with van der Waals surface area (Å²) in [7, 11) is 0. The minimum atomic E-state index is 0.336. The molecule has 0 saturated carbocycles. The largest absolute Gasteiger partial charge is 0.344 e. The molecule has 2 nitrogen and oxygen atoms in total. The summed E-state index contributed by atoms with van der Waals surface area (Å²) in [4.78, 5) is 7.53. The van der Waals surface area contributed by atoms with Gasteiger partial charge in [0.15, 0.2) is 0 Å². The molecule has 0 aromatic carbocycles. The Hall–Kier alpha value is -1.57. The van der Waals surface area contributed by atoms with Crippen LogP contribution >= 0.6 is 0 Å². The van der Waals surface area contributed by atoms with Gasteiger partial charge in [0.2, 0.25) is 0 Å². The van der Waals surface area contributed by atoms with Gasteiger partial charge in [0.25, 0.3) is 0 Å². The maximum atomic E-state index is 4.37. The first-order valence-electron chi connectivity index (χ1n) is 4.68. The summed E-state index contributed by atoms with van der Waals surface area (Å²) >= 11 is 0. The fourth-order valence-electron chi connectivity index (χ4n) is 1.04. The summed E-state index contributed by atoms with van der Waals surface area (Å²) in [6, 6.07) is 7.60. The maximum absolute atomic E-state index is 4.37. The number of aromatic amines is 1. The Labute approximate surface area is 84.3 Å². The first-order valence-corrected chi connectivity index (χ1v) is 4.68. The predicted octanol–water partition coefficient (Wildman–Crippen LogP) is 1.48. The van der Waals surface area contributed by atoms with Crippen molar-refractivity contribution in [3.63, 3.8) is 0 Å². The normalized spacial score (nSPS) is 9.93. The number of nitrogens with one attached hydrogen (secondary N) is 1. The lowest BCUT2D eigenvalue weighted by atomic mass is 10.2. The molecule has 0 amide bonds. The van der Waals surface area contributed by atoms with Crippen molar-refractivity contribution in [3.05, 3.63) is 40.8 Å². The molecule has 1 heterocycles. The first-order chi connectivity index (χ1) is 6.59. The Kier molecular flexibility index (Phi) is 3.46. The molecule has 0 spiro atoms. The van der Waals surface area contributed by atoms with Crippen molar-refractivity contribution >= 4 is 13.2 Å². The zero-order valence-corrected chi connectivity index (χ0v) is 8.75. The average Bonchev–Trinajstić information content (AvgIpc) is 2.17. The Morgan fingerprint density at radius 2 is 1.86 bits per heavy atom. The minimum Gasteiger partial charge on any atom is -0.344 e. The molecule has 14 heavy (non-hydrogen) atoms. The van der Waals surface area contributed by atoms with E-state index < -0.39 is 0 Å². The lowest BCUT2D eigenvalue weighted by Gasteiger charge is -2.00. The second-order valence-electron chi connectivity index (χ2n) is 3.51. The van der Waals surface area contributed by atoms with E-state index in [9.17, 15) is 0 Å². The van der Waals surface area contributed by atoms with Crippen molar-refractivity contribution in [2.75, 3.05) is 0 Å². The van der Waals surface area contributed by atoms with Crippen LogP contribution in [0.15, 0.2) is 24.3 Å². The standard InChI is InChI=1S/C12H16N2/c1-9(2)12-13-10(3)7-5-6-8-11(4)14-12/h5-9H,3-4H2,1-2H3,(H,13,14). The van der Waals surface area contributed by atoms with E-state index in [-0.39, 0.29) is 0 Å². The number of H-pyrrole nitrogens is 1. The van der Waals surface area contributed by atoms with E-state index in [1.54, 1.807) is 0 Å². The number of nitrogens with zero attached hydrogens (tertiary/aromatic N) is 1. The molecule has 0 unspecified atom stereocenters. The molecule has 1 aromatic rings. The van der Waals surface area contributed by atoms with Gasteiger partial charge in [-0.05, 0) is 12.1 Å². The van der Waals surface area contributed by atoms with Crippen molar-refractivity contribution in [2.24, 2.45) is 0 Å². The monoisotopic (exact) mass is 188 g/mol. The van der Waals surface area contributed by atoms with E-state index in [1.165, 1.54) is 0 Å². The fourth-order valence-corrected chi connectivity index (χ4v) is 1.04. The second kappa shape index (κ2) is 4.61. The van der Waals surface area contributed by atoms with Gasteiger partial charge in [-0.3, -0.25) is 0 Å². The summed E-state index contributed by atoms with van der Waals surface area (Å²) in [5.41, 5.74) is 0. The van der Waals surface area contributed by atoms with Gasteiger partial charge in [-0.2, -0.15) is 0 Å². The van der Waals surface area contributed by atoms with Crippen molar-refractivity contribution in [1.29, 1.82) is 0 Å². The molecule has 2 heteroatoms. The van der Waals surface area contributed by atoms with Gasteiger partial charge in [-0.15, -0.1) is 0 Å². The van der Waals surface area contributed by atoms with Crippen LogP contribution in [0.1, 0.15) is 25.6 Å². The molecular formula is C12H16N2. The quantitative estimate of drug-likeness (QED) is 0.710. The number of aromatic nitrogens is 2. The Bertz CT molecular complexity index is 404. The van der Waals surface area contributed by atoms with Crippen molar-refractivity contribution in [3.8, 4) is 0 Å². The molecule has 0 fully saturated rings. The van der Waals surface area contributed by atoms with E-state index in [0.717, 1.165) is 16.5 Å². The molecular weight excluding hydrogens is 172 g/mol. The molecule has 0 atom stereocenters. The number of hydrogen-bond acceptors (Lipinski definition) is 1. The van der Waals surface area contributed by atoms with Gasteiger partial charge in [-0.25, -0.2) is 4.98 Å². The van der Waals surface area contributed by atoms with Gasteiger partial charge in [-0.1, -0.05) is 39.1 Å². The van der Waals surface area contributed by atoms with E-state index >= 15 is 0 Å². The highest BCUT2D eigenvalue weighted by Crippen LogP contribution is 2.02. The van der Waals surface area contributed by atoms with Gasteiger partial charge in [0, 0.05) is 11.3 Å². The number of rotatable bonds is 1. The van der Waals surface area contributed by atoms with Crippen LogP contribution in [0.2, 0.25) is 0 Å². The molecule has 1 aromatic heterocycles. The first kappa shape index (κ1) is 10.5. The van der Waals surface area contributed by atoms with E-state index in [2.05, 4.69) is 37.0 Å². The van der Waals surface area contributed by atoms with Crippen LogP contribution in [0.4, 0.5) is 0 Å². The summed E-state index contributed by atoms with van der Waals surface area (Å²) in [5, 5.41) is 1.59. The lowest BCUT2D eigenvalue weighted by molar-refractivity contribution is 0.770. The second-order valence-corrected chi connectivity index (χ2v) is 3.51. The molecule has 1 N–H and O–H groups in total. The maximum Gasteiger partial charge on any atom is 0.109 e. The van der Waals surface area contributed by atoms with Gasteiger partial charge < -0.3 is 4.98 Å². The topological polar surface area (TPSA) is 28.7 Å². The summed E-state index contributed by atoms with van der Waals surface area (Å²) < 4.78 is 0. The van der Waals surface area contributed by atoms with Crippen molar-refractivity contribution < 1.29 is 0 Å². The van der Waals surface area contributed by atoms with Gasteiger partial charge in [0.05, 0.1) is 5.35 Å². The molecule has 0 aliphatic heterocycles. The van der Waals surface area contributed by atoms with Crippen molar-refractivity contribution in [2.45, 2.75) is 19.8 Å². The third kappa shape index (κ3) is 3.05. The van der Waals surface area contributed by atoms with Gasteiger partial charge >= 0.3 is 0 Å². The van der Waals surface area contributed by atoms with Crippen LogP contribution < -0.4 is 10.7 Å². The Balaban J connectivity index is 3.54. The SMILES string of the molecule is C=c1ccccc(=C)[nH]c(C(C)C)n1. The summed E-state index contributed by atoms with van der Waals surface area (Å²) in [5.74, 6) is 1.24. The molecule has 0 aliphatic carbocycles. The third-order valence-electron chi connectivity index (χ3n) is 1.80. The minimum absolute atomic E-state index is 0.336. The van der Waals surface area contributed by atoms with Gasteiger partial charge in [0.1, 0.15) is 5.82 Å². The van der Waals surface area contributed by atoms with Crippen LogP contribution in [0.5, 0.6) is 0 Å². The highest BCUT2D eigenvalue weighted by Gasteiger charge is 1.96. The van der Waals surface area contributed by atoms with Crippen molar-refractivity contribution in [1.82, 2.24) is 9.97 Å². The fraction of sp³-hybridized carbons (Fsp3) is 0.250. The van der Waals surface area contributed by atoms with Crippen LogP contribution in [0, 0.1) is 0 Å². The molecule has 0 aliphatic rings. The number of hydrogen-bond donors (Lipinski definition) is 1. The zero-order valence-electron chi connectivity index (χ0n) is 8.75. The van der Waals surface area contributed by atoms with Crippen LogP contribution in [0.25, 0.3) is 13.2 Å². The highest BCUT2D eigenvalue weighted by molar-refractivity contribution is 5.04. The highest BCUT2D eigenvalue weighted by atomic mass is 14.9. The molecule has 0 bridgehead atoms. The van der Waals surface area contributed by atoms with E-state index in [1.807, 2.05) is 24.3 Å². The summed E-state index contributed by atoms with van der Waals surface area (Å²) in [6.45, 7) is 11.9. The van der Waals surface area contributed by atoms with E-state index in [0.29, 0.717) is 5.92 Å². The Morgan fingerprint density at radius 3 is 2.50 bits per heavy atom. The zero-order chi connectivity index (χ0) is 10.6. The van der Waals surface area contributed by atoms with Crippen LogP contribution in [-0.4, -0.2) is 9.97 Å².